The van der Waals surface area contributed by atoms with E-state index in [4.69, 9.17) is 4.74 Å². The number of aromatic nitrogens is 1. The largest absolute Gasteiger partial charge is 0.497 e. The lowest BCUT2D eigenvalue weighted by Crippen LogP contribution is -2.46. The van der Waals surface area contributed by atoms with Crippen molar-refractivity contribution in [2.45, 2.75) is 38.3 Å². The predicted molar refractivity (Wildman–Crippen MR) is 85.0 cm³/mol. The Morgan fingerprint density at radius 2 is 2.32 bits per heavy atom. The molecular formula is C17H22N2O3. The number of hydrogen-bond acceptors (Lipinski definition) is 3. The van der Waals surface area contributed by atoms with Gasteiger partial charge < -0.3 is 19.7 Å². The molecule has 1 aromatic heterocycles. The molecule has 2 aromatic rings. The van der Waals surface area contributed by atoms with Gasteiger partial charge in [-0.1, -0.05) is 0 Å². The number of nitrogens with zero attached hydrogens (tertiary/aromatic N) is 1. The van der Waals surface area contributed by atoms with Crippen molar-refractivity contribution in [2.24, 2.45) is 0 Å². The zero-order valence-electron chi connectivity index (χ0n) is 13.0. The SMILES string of the molecule is COc1ccc2[nH]cc(CC(=O)N3CC[C@@H](O)C[C@H]3C)c2c1. The molecule has 1 aliphatic rings. The van der Waals surface area contributed by atoms with Crippen LogP contribution in [-0.2, 0) is 11.2 Å². The number of hydrogen-bond donors (Lipinski definition) is 2. The Balaban J connectivity index is 1.79. The number of aliphatic hydroxyl groups is 1. The van der Waals surface area contributed by atoms with E-state index in [1.165, 1.54) is 0 Å². The third kappa shape index (κ3) is 2.81. The average molecular weight is 302 g/mol. The lowest BCUT2D eigenvalue weighted by molar-refractivity contribution is -0.135. The van der Waals surface area contributed by atoms with Gasteiger partial charge in [-0.25, -0.2) is 0 Å². The van der Waals surface area contributed by atoms with Crippen molar-refractivity contribution in [3.8, 4) is 5.75 Å². The van der Waals surface area contributed by atoms with Crippen LogP contribution in [0.4, 0.5) is 0 Å². The van der Waals surface area contributed by atoms with Gasteiger partial charge in [-0.3, -0.25) is 4.79 Å². The first-order valence-corrected chi connectivity index (χ1v) is 7.70. The summed E-state index contributed by atoms with van der Waals surface area (Å²) < 4.78 is 5.26. The van der Waals surface area contributed by atoms with Gasteiger partial charge in [0, 0.05) is 29.7 Å². The molecule has 5 heteroatoms. The van der Waals surface area contributed by atoms with Crippen molar-refractivity contribution in [3.63, 3.8) is 0 Å². The van der Waals surface area contributed by atoms with Crippen LogP contribution >= 0.6 is 0 Å². The normalized spacial score (nSPS) is 22.0. The van der Waals surface area contributed by atoms with Crippen molar-refractivity contribution in [3.05, 3.63) is 30.0 Å². The summed E-state index contributed by atoms with van der Waals surface area (Å²) in [5.74, 6) is 0.901. The van der Waals surface area contributed by atoms with Gasteiger partial charge in [0.2, 0.25) is 5.91 Å². The van der Waals surface area contributed by atoms with Crippen molar-refractivity contribution < 1.29 is 14.6 Å². The molecule has 2 heterocycles. The molecule has 1 saturated heterocycles. The molecule has 2 N–H and O–H groups in total. The molecular weight excluding hydrogens is 280 g/mol. The van der Waals surface area contributed by atoms with Gasteiger partial charge in [-0.05, 0) is 43.5 Å². The van der Waals surface area contributed by atoms with E-state index in [2.05, 4.69) is 4.98 Å². The highest BCUT2D eigenvalue weighted by Crippen LogP contribution is 2.25. The average Bonchev–Trinajstić information content (AvgIpc) is 2.89. The highest BCUT2D eigenvalue weighted by Gasteiger charge is 2.27. The number of nitrogens with one attached hydrogen (secondary N) is 1. The number of aromatic amines is 1. The maximum atomic E-state index is 12.6. The standard InChI is InChI=1S/C17H22N2O3/c1-11-7-13(20)5-6-19(11)17(21)8-12-10-18-16-4-3-14(22-2)9-15(12)16/h3-4,9-11,13,18,20H,5-8H2,1-2H3/t11-,13-/m1/s1. The molecule has 1 aromatic carbocycles. The Kier molecular flexibility index (Phi) is 4.07. The van der Waals surface area contributed by atoms with Crippen molar-refractivity contribution in [1.29, 1.82) is 0 Å². The van der Waals surface area contributed by atoms with E-state index >= 15 is 0 Å². The first kappa shape index (κ1) is 14.9. The number of rotatable bonds is 3. The van der Waals surface area contributed by atoms with Crippen LogP contribution in [0.15, 0.2) is 24.4 Å². The van der Waals surface area contributed by atoms with E-state index in [9.17, 15) is 9.90 Å². The van der Waals surface area contributed by atoms with Crippen molar-refractivity contribution in [2.75, 3.05) is 13.7 Å². The molecule has 0 radical (unpaired) electrons. The van der Waals surface area contributed by atoms with Crippen LogP contribution in [0.3, 0.4) is 0 Å². The summed E-state index contributed by atoms with van der Waals surface area (Å²) in [5.41, 5.74) is 1.99. The van der Waals surface area contributed by atoms with Gasteiger partial charge in [0.05, 0.1) is 19.6 Å². The Morgan fingerprint density at radius 3 is 3.05 bits per heavy atom. The molecule has 0 saturated carbocycles. The van der Waals surface area contributed by atoms with Gasteiger partial charge >= 0.3 is 0 Å². The fourth-order valence-electron chi connectivity index (χ4n) is 3.21. The lowest BCUT2D eigenvalue weighted by atomic mass is 9.99. The van der Waals surface area contributed by atoms with Crippen LogP contribution < -0.4 is 4.74 Å². The Morgan fingerprint density at radius 1 is 1.50 bits per heavy atom. The molecule has 118 valence electrons. The van der Waals surface area contributed by atoms with Gasteiger partial charge in [-0.2, -0.15) is 0 Å². The molecule has 0 bridgehead atoms. The summed E-state index contributed by atoms with van der Waals surface area (Å²) in [6.45, 7) is 2.63. The van der Waals surface area contributed by atoms with E-state index in [0.29, 0.717) is 25.8 Å². The predicted octanol–water partition coefficient (Wildman–Crippen LogP) is 2.09. The number of piperidine rings is 1. The molecule has 3 rings (SSSR count). The van der Waals surface area contributed by atoms with Crippen LogP contribution in [0, 0.1) is 0 Å². The fraction of sp³-hybridized carbons (Fsp3) is 0.471. The third-order valence-electron chi connectivity index (χ3n) is 4.49. The van der Waals surface area contributed by atoms with Crippen molar-refractivity contribution in [1.82, 2.24) is 9.88 Å². The minimum absolute atomic E-state index is 0.0935. The molecule has 1 aliphatic heterocycles. The molecule has 0 spiro atoms. The summed E-state index contributed by atoms with van der Waals surface area (Å²) in [6, 6.07) is 5.91. The molecule has 1 fully saturated rings. The number of ether oxygens (including phenoxy) is 1. The minimum Gasteiger partial charge on any atom is -0.497 e. The van der Waals surface area contributed by atoms with Crippen LogP contribution in [0.5, 0.6) is 5.75 Å². The van der Waals surface area contributed by atoms with E-state index in [1.807, 2.05) is 36.2 Å². The minimum atomic E-state index is -0.281. The number of carbonyl (C=O) groups is 1. The smallest absolute Gasteiger partial charge is 0.227 e. The topological polar surface area (TPSA) is 65.6 Å². The number of benzene rings is 1. The monoisotopic (exact) mass is 302 g/mol. The van der Waals surface area contributed by atoms with E-state index in [-0.39, 0.29) is 18.1 Å². The quantitative estimate of drug-likeness (QED) is 0.912. The van der Waals surface area contributed by atoms with E-state index < -0.39 is 0 Å². The zero-order chi connectivity index (χ0) is 15.7. The molecule has 0 unspecified atom stereocenters. The lowest BCUT2D eigenvalue weighted by Gasteiger charge is -2.36. The first-order valence-electron chi connectivity index (χ1n) is 7.70. The maximum absolute atomic E-state index is 12.6. The highest BCUT2D eigenvalue weighted by molar-refractivity contribution is 5.89. The highest BCUT2D eigenvalue weighted by atomic mass is 16.5. The number of amides is 1. The van der Waals surface area contributed by atoms with E-state index in [1.54, 1.807) is 7.11 Å². The summed E-state index contributed by atoms with van der Waals surface area (Å²) >= 11 is 0. The van der Waals surface area contributed by atoms with Gasteiger partial charge in [0.15, 0.2) is 0 Å². The van der Waals surface area contributed by atoms with Crippen LogP contribution in [0.25, 0.3) is 10.9 Å². The first-order chi connectivity index (χ1) is 10.6. The van der Waals surface area contributed by atoms with Crippen LogP contribution in [0.1, 0.15) is 25.3 Å². The van der Waals surface area contributed by atoms with Gasteiger partial charge in [0.1, 0.15) is 5.75 Å². The number of carbonyl (C=O) groups excluding carboxylic acids is 1. The zero-order valence-corrected chi connectivity index (χ0v) is 13.0. The Bertz CT molecular complexity index is 680. The van der Waals surface area contributed by atoms with E-state index in [0.717, 1.165) is 22.2 Å². The van der Waals surface area contributed by atoms with Gasteiger partial charge in [0.25, 0.3) is 0 Å². The van der Waals surface area contributed by atoms with Crippen LogP contribution in [0.2, 0.25) is 0 Å². The molecule has 5 nitrogen and oxygen atoms in total. The molecule has 1 amide bonds. The number of likely N-dealkylation sites (tertiary alicyclic amines) is 1. The third-order valence-corrected chi connectivity index (χ3v) is 4.49. The second-order valence-corrected chi connectivity index (χ2v) is 6.02. The number of methoxy groups -OCH3 is 1. The fourth-order valence-corrected chi connectivity index (χ4v) is 3.21. The number of aliphatic hydroxyl groups excluding tert-OH is 1. The van der Waals surface area contributed by atoms with Crippen LogP contribution in [-0.4, -0.2) is 46.7 Å². The molecule has 0 aliphatic carbocycles. The van der Waals surface area contributed by atoms with Crippen molar-refractivity contribution >= 4 is 16.8 Å². The number of H-pyrrole nitrogens is 1. The van der Waals surface area contributed by atoms with Gasteiger partial charge in [-0.15, -0.1) is 0 Å². The summed E-state index contributed by atoms with van der Waals surface area (Å²) in [4.78, 5) is 17.7. The second-order valence-electron chi connectivity index (χ2n) is 6.02. The Labute approximate surface area is 129 Å². The second kappa shape index (κ2) is 6.01. The maximum Gasteiger partial charge on any atom is 0.227 e. The molecule has 2 atom stereocenters. The molecule has 22 heavy (non-hydrogen) atoms. The summed E-state index contributed by atoms with van der Waals surface area (Å²) in [5, 5.41) is 10.7. The summed E-state index contributed by atoms with van der Waals surface area (Å²) in [7, 11) is 1.64. The Hall–Kier alpha value is -2.01. The number of fused-ring (bicyclic) bond motifs is 1. The summed E-state index contributed by atoms with van der Waals surface area (Å²) in [6.07, 6.45) is 3.31.